The van der Waals surface area contributed by atoms with Gasteiger partial charge in [0, 0.05) is 6.20 Å². The highest BCUT2D eigenvalue weighted by Gasteiger charge is 2.57. The second-order valence-corrected chi connectivity index (χ2v) is 10.5. The Kier molecular flexibility index (Phi) is 3.76. The van der Waals surface area contributed by atoms with Crippen molar-refractivity contribution in [2.24, 2.45) is 28.6 Å². The lowest BCUT2D eigenvalue weighted by Crippen LogP contribution is -2.49. The van der Waals surface area contributed by atoms with Gasteiger partial charge in [-0.05, 0) is 91.2 Å². The Balaban J connectivity index is 1.36. The van der Waals surface area contributed by atoms with E-state index in [4.69, 9.17) is 0 Å². The van der Waals surface area contributed by atoms with Crippen molar-refractivity contribution in [3.8, 4) is 0 Å². The van der Waals surface area contributed by atoms with Gasteiger partial charge in [-0.15, -0.1) is 0 Å². The smallest absolute Gasteiger partial charge is 0.137 e. The molecule has 3 nitrogen and oxygen atoms in total. The molecule has 4 aliphatic carbocycles. The van der Waals surface area contributed by atoms with E-state index in [9.17, 15) is 5.11 Å². The number of pyridine rings is 1. The Morgan fingerprint density at radius 3 is 2.79 bits per heavy atom. The van der Waals surface area contributed by atoms with E-state index in [1.807, 2.05) is 0 Å². The molecule has 0 aromatic carbocycles. The van der Waals surface area contributed by atoms with Gasteiger partial charge in [0.05, 0.1) is 18.0 Å². The average Bonchev–Trinajstić information content (AvgIpc) is 3.29. The first kappa shape index (κ1) is 17.9. The normalized spacial score (nSPS) is 41.3. The van der Waals surface area contributed by atoms with E-state index in [0.29, 0.717) is 5.41 Å². The van der Waals surface area contributed by atoms with E-state index in [-0.39, 0.29) is 11.5 Å². The van der Waals surface area contributed by atoms with Crippen LogP contribution in [0.25, 0.3) is 11.2 Å². The second kappa shape index (κ2) is 6.07. The van der Waals surface area contributed by atoms with E-state index in [0.717, 1.165) is 42.7 Å². The van der Waals surface area contributed by atoms with Crippen molar-refractivity contribution in [3.63, 3.8) is 0 Å². The fourth-order valence-corrected chi connectivity index (χ4v) is 7.74. The highest BCUT2D eigenvalue weighted by atomic mass is 16.3. The summed E-state index contributed by atoms with van der Waals surface area (Å²) in [4.78, 5) is 4.67. The molecule has 2 aromatic rings. The molecule has 0 aliphatic heterocycles. The monoisotopic (exact) mass is 388 g/mol. The third-order valence-corrected chi connectivity index (χ3v) is 9.35. The van der Waals surface area contributed by atoms with E-state index in [1.54, 1.807) is 5.57 Å². The van der Waals surface area contributed by atoms with Gasteiger partial charge in [0.2, 0.25) is 0 Å². The van der Waals surface area contributed by atoms with Crippen LogP contribution in [0.2, 0.25) is 0 Å². The first-order valence-corrected chi connectivity index (χ1v) is 11.5. The van der Waals surface area contributed by atoms with Crippen molar-refractivity contribution < 1.29 is 5.11 Å². The van der Waals surface area contributed by atoms with Gasteiger partial charge in [-0.1, -0.05) is 37.6 Å². The summed E-state index contributed by atoms with van der Waals surface area (Å²) in [5, 5.41) is 10.2. The molecule has 0 amide bonds. The molecule has 2 fully saturated rings. The number of imidazole rings is 1. The highest BCUT2D eigenvalue weighted by molar-refractivity contribution is 5.72. The molecular formula is C26H32N2O. The summed E-state index contributed by atoms with van der Waals surface area (Å²) in [6.45, 7) is 5.04. The molecule has 1 N–H and O–H groups in total. The summed E-state index contributed by atoms with van der Waals surface area (Å²) >= 11 is 0. The average molecular weight is 389 g/mol. The predicted molar refractivity (Wildman–Crippen MR) is 116 cm³/mol. The predicted octanol–water partition coefficient (Wildman–Crippen LogP) is 5.65. The minimum atomic E-state index is -0.116. The van der Waals surface area contributed by atoms with E-state index in [1.165, 1.54) is 37.0 Å². The lowest BCUT2D eigenvalue weighted by molar-refractivity contribution is -0.0238. The summed E-state index contributed by atoms with van der Waals surface area (Å²) in [5.74, 6) is 2.28. The lowest BCUT2D eigenvalue weighted by Gasteiger charge is -2.57. The minimum Gasteiger partial charge on any atom is -0.393 e. The van der Waals surface area contributed by atoms with Crippen LogP contribution in [0.1, 0.15) is 64.5 Å². The Hall–Kier alpha value is -1.87. The van der Waals surface area contributed by atoms with Crippen LogP contribution in [0, 0.1) is 28.6 Å². The molecule has 0 bridgehead atoms. The number of hydrogen-bond acceptors (Lipinski definition) is 2. The number of aliphatic hydroxyl groups is 1. The zero-order chi connectivity index (χ0) is 19.8. The molecule has 6 rings (SSSR count). The fourth-order valence-electron chi connectivity index (χ4n) is 7.74. The summed E-state index contributed by atoms with van der Waals surface area (Å²) < 4.78 is 2.27. The Morgan fingerprint density at radius 2 is 1.90 bits per heavy atom. The molecule has 3 unspecified atom stereocenters. The zero-order valence-electron chi connectivity index (χ0n) is 17.6. The molecule has 0 radical (unpaired) electrons. The van der Waals surface area contributed by atoms with Crippen molar-refractivity contribution in [2.75, 3.05) is 0 Å². The van der Waals surface area contributed by atoms with E-state index in [2.05, 4.69) is 66.0 Å². The van der Waals surface area contributed by atoms with Crippen LogP contribution in [0.3, 0.4) is 0 Å². The van der Waals surface area contributed by atoms with Gasteiger partial charge in [-0.2, -0.15) is 0 Å². The molecule has 2 saturated carbocycles. The van der Waals surface area contributed by atoms with Crippen LogP contribution in [-0.4, -0.2) is 20.6 Å². The van der Waals surface area contributed by atoms with Crippen molar-refractivity contribution >= 4 is 11.2 Å². The standard InChI is InChI=1S/C26H32N2O/c1-25-12-10-18(29)15-17(25)6-7-19-20-8-9-22(26(20,2)13-11-21(19)25)23-16-27-24-5-3-4-14-28(23)24/h3-6,9,14,16,18-21,29H,7-8,10-13,15H2,1-2H3/t18-,19?,20?,21?,25-,26-/m0/s1. The summed E-state index contributed by atoms with van der Waals surface area (Å²) in [6, 6.07) is 6.27. The van der Waals surface area contributed by atoms with Crippen molar-refractivity contribution in [1.82, 2.24) is 9.38 Å². The summed E-state index contributed by atoms with van der Waals surface area (Å²) in [5.41, 5.74) is 6.00. The topological polar surface area (TPSA) is 37.5 Å². The second-order valence-electron chi connectivity index (χ2n) is 10.5. The minimum absolute atomic E-state index is 0.116. The molecular weight excluding hydrogens is 356 g/mol. The van der Waals surface area contributed by atoms with Gasteiger partial charge in [0.15, 0.2) is 0 Å². The number of fused-ring (bicyclic) bond motifs is 6. The van der Waals surface area contributed by atoms with Crippen LogP contribution < -0.4 is 0 Å². The first-order valence-electron chi connectivity index (χ1n) is 11.5. The maximum absolute atomic E-state index is 10.2. The largest absolute Gasteiger partial charge is 0.393 e. The Bertz CT molecular complexity index is 1030. The maximum atomic E-state index is 10.2. The summed E-state index contributed by atoms with van der Waals surface area (Å²) in [7, 11) is 0. The van der Waals surface area contributed by atoms with Crippen LogP contribution in [0.5, 0.6) is 0 Å². The number of hydrogen-bond donors (Lipinski definition) is 1. The van der Waals surface area contributed by atoms with Crippen LogP contribution >= 0.6 is 0 Å². The van der Waals surface area contributed by atoms with Crippen LogP contribution in [0.15, 0.2) is 48.3 Å². The highest BCUT2D eigenvalue weighted by Crippen LogP contribution is 2.66. The molecule has 0 spiro atoms. The van der Waals surface area contributed by atoms with E-state index >= 15 is 0 Å². The lowest BCUT2D eigenvalue weighted by atomic mass is 9.47. The van der Waals surface area contributed by atoms with Crippen molar-refractivity contribution in [3.05, 3.63) is 54.0 Å². The van der Waals surface area contributed by atoms with E-state index < -0.39 is 0 Å². The van der Waals surface area contributed by atoms with Gasteiger partial charge in [-0.25, -0.2) is 4.98 Å². The number of allylic oxidation sites excluding steroid dienone is 3. The maximum Gasteiger partial charge on any atom is 0.137 e. The van der Waals surface area contributed by atoms with Crippen molar-refractivity contribution in [2.45, 2.75) is 64.9 Å². The zero-order valence-corrected chi connectivity index (χ0v) is 17.6. The van der Waals surface area contributed by atoms with Crippen LogP contribution in [-0.2, 0) is 0 Å². The van der Waals surface area contributed by atoms with Crippen LogP contribution in [0.4, 0.5) is 0 Å². The SMILES string of the molecule is C[C@]12CC[C@H](O)CC1=CCC1C2CC[C@]2(C)C(c3cnc4ccccn34)=CCC12. The molecule has 0 saturated heterocycles. The van der Waals surface area contributed by atoms with Gasteiger partial charge < -0.3 is 9.51 Å². The van der Waals surface area contributed by atoms with Crippen molar-refractivity contribution in [1.29, 1.82) is 0 Å². The number of aromatic nitrogens is 2. The fraction of sp³-hybridized carbons (Fsp3) is 0.577. The first-order chi connectivity index (χ1) is 14.0. The number of nitrogens with zero attached hydrogens (tertiary/aromatic N) is 2. The van der Waals surface area contributed by atoms with Gasteiger partial charge in [0.1, 0.15) is 5.65 Å². The Labute approximate surface area is 173 Å². The summed E-state index contributed by atoms with van der Waals surface area (Å²) in [6.07, 6.45) is 17.2. The molecule has 6 atom stereocenters. The molecule has 152 valence electrons. The van der Waals surface area contributed by atoms with Gasteiger partial charge in [-0.3, -0.25) is 0 Å². The number of aliphatic hydroxyl groups excluding tert-OH is 1. The molecule has 3 heteroatoms. The van der Waals surface area contributed by atoms with Gasteiger partial charge >= 0.3 is 0 Å². The third-order valence-electron chi connectivity index (χ3n) is 9.35. The third kappa shape index (κ3) is 2.37. The molecule has 2 heterocycles. The van der Waals surface area contributed by atoms with Gasteiger partial charge in [0.25, 0.3) is 0 Å². The quantitative estimate of drug-likeness (QED) is 0.641. The Morgan fingerprint density at radius 1 is 1.03 bits per heavy atom. The molecule has 4 aliphatic rings. The number of rotatable bonds is 1. The molecule has 29 heavy (non-hydrogen) atoms. The molecule has 2 aromatic heterocycles.